The zero-order valence-corrected chi connectivity index (χ0v) is 9.26. The molecular weight excluding hydrogens is 212 g/mol. The molecule has 2 amide bonds. The lowest BCUT2D eigenvalue weighted by atomic mass is 10.2. The van der Waals surface area contributed by atoms with E-state index in [4.69, 9.17) is 9.84 Å². The number of ether oxygens (including phenoxy) is 1. The summed E-state index contributed by atoms with van der Waals surface area (Å²) in [6, 6.07) is -1.20. The zero-order valence-electron chi connectivity index (χ0n) is 9.26. The molecule has 0 radical (unpaired) electrons. The van der Waals surface area contributed by atoms with Gasteiger partial charge in [-0.25, -0.2) is 9.59 Å². The number of amides is 2. The van der Waals surface area contributed by atoms with E-state index in [9.17, 15) is 9.59 Å². The van der Waals surface area contributed by atoms with Crippen LogP contribution in [0.15, 0.2) is 12.7 Å². The summed E-state index contributed by atoms with van der Waals surface area (Å²) in [5.74, 6) is -1.04. The van der Waals surface area contributed by atoms with Gasteiger partial charge < -0.3 is 19.6 Å². The van der Waals surface area contributed by atoms with Gasteiger partial charge in [-0.15, -0.1) is 6.58 Å². The smallest absolute Gasteiger partial charge is 0.328 e. The van der Waals surface area contributed by atoms with Crippen LogP contribution in [0.2, 0.25) is 0 Å². The van der Waals surface area contributed by atoms with E-state index in [0.717, 1.165) is 0 Å². The quantitative estimate of drug-likeness (QED) is 0.691. The van der Waals surface area contributed by atoms with Gasteiger partial charge in [-0.3, -0.25) is 0 Å². The summed E-state index contributed by atoms with van der Waals surface area (Å²) in [6.45, 7) is 4.64. The fourth-order valence-corrected chi connectivity index (χ4v) is 1.53. The van der Waals surface area contributed by atoms with Gasteiger partial charge in [-0.2, -0.15) is 0 Å². The van der Waals surface area contributed by atoms with Gasteiger partial charge in [0.15, 0.2) is 6.04 Å². The number of aliphatic carboxylic acids is 1. The highest BCUT2D eigenvalue weighted by atomic mass is 16.5. The number of carboxylic acid groups (broad SMARTS) is 1. The third kappa shape index (κ3) is 2.73. The Morgan fingerprint density at radius 1 is 1.69 bits per heavy atom. The third-order valence-corrected chi connectivity index (χ3v) is 2.39. The second-order valence-electron chi connectivity index (χ2n) is 3.57. The van der Waals surface area contributed by atoms with Crippen molar-refractivity contribution in [2.24, 2.45) is 0 Å². The van der Waals surface area contributed by atoms with Crippen LogP contribution in [0.1, 0.15) is 0 Å². The van der Waals surface area contributed by atoms with Crippen molar-refractivity contribution in [1.82, 2.24) is 9.80 Å². The molecule has 0 aliphatic carbocycles. The van der Waals surface area contributed by atoms with Gasteiger partial charge in [0.05, 0.1) is 13.2 Å². The first-order valence-electron chi connectivity index (χ1n) is 5.01. The first-order chi connectivity index (χ1) is 7.57. The number of carboxylic acids is 1. The normalized spacial score (nSPS) is 20.3. The Morgan fingerprint density at radius 3 is 2.94 bits per heavy atom. The highest BCUT2D eigenvalue weighted by Crippen LogP contribution is 2.10. The summed E-state index contributed by atoms with van der Waals surface area (Å²) < 4.78 is 5.05. The Labute approximate surface area is 94.1 Å². The minimum Gasteiger partial charge on any atom is -0.480 e. The maximum absolute atomic E-state index is 11.9. The van der Waals surface area contributed by atoms with E-state index in [2.05, 4.69) is 6.58 Å². The van der Waals surface area contributed by atoms with Gasteiger partial charge in [0, 0.05) is 20.1 Å². The van der Waals surface area contributed by atoms with Gasteiger partial charge in [-0.1, -0.05) is 6.08 Å². The van der Waals surface area contributed by atoms with Crippen molar-refractivity contribution >= 4 is 12.0 Å². The molecule has 1 rings (SSSR count). The molecule has 0 saturated carbocycles. The molecule has 1 N–H and O–H groups in total. The van der Waals surface area contributed by atoms with E-state index in [0.29, 0.717) is 19.7 Å². The van der Waals surface area contributed by atoms with Gasteiger partial charge in [0.2, 0.25) is 0 Å². The van der Waals surface area contributed by atoms with E-state index in [1.54, 1.807) is 13.1 Å². The fraction of sp³-hybridized carbons (Fsp3) is 0.600. The molecular formula is C10H16N2O4. The van der Waals surface area contributed by atoms with Crippen molar-refractivity contribution in [3.05, 3.63) is 12.7 Å². The van der Waals surface area contributed by atoms with E-state index < -0.39 is 12.0 Å². The lowest BCUT2D eigenvalue weighted by molar-refractivity contribution is -0.147. The van der Waals surface area contributed by atoms with Crippen molar-refractivity contribution in [2.75, 3.05) is 33.4 Å². The van der Waals surface area contributed by atoms with E-state index >= 15 is 0 Å². The van der Waals surface area contributed by atoms with Crippen molar-refractivity contribution < 1.29 is 19.4 Å². The zero-order chi connectivity index (χ0) is 12.1. The molecule has 90 valence electrons. The summed E-state index contributed by atoms with van der Waals surface area (Å²) in [5, 5.41) is 8.96. The number of hydrogen-bond donors (Lipinski definition) is 1. The average molecular weight is 228 g/mol. The molecule has 1 fully saturated rings. The molecule has 0 aromatic rings. The number of rotatable bonds is 3. The minimum absolute atomic E-state index is 0.0446. The van der Waals surface area contributed by atoms with Gasteiger partial charge in [-0.05, 0) is 0 Å². The number of hydrogen-bond acceptors (Lipinski definition) is 3. The van der Waals surface area contributed by atoms with Crippen molar-refractivity contribution in [3.63, 3.8) is 0 Å². The highest BCUT2D eigenvalue weighted by Gasteiger charge is 2.33. The Balaban J connectivity index is 2.70. The van der Waals surface area contributed by atoms with Crippen LogP contribution < -0.4 is 0 Å². The topological polar surface area (TPSA) is 70.1 Å². The first-order valence-corrected chi connectivity index (χ1v) is 5.01. The number of morpholine rings is 1. The number of carbonyl (C=O) groups is 2. The molecule has 0 aromatic carbocycles. The SMILES string of the molecule is C=CCN(C)C(=O)N1CCOCC1C(=O)O. The number of urea groups is 1. The van der Waals surface area contributed by atoms with Crippen LogP contribution in [0.25, 0.3) is 0 Å². The summed E-state index contributed by atoms with van der Waals surface area (Å²) in [4.78, 5) is 25.6. The maximum atomic E-state index is 11.9. The standard InChI is InChI=1S/C10H16N2O4/c1-3-4-11(2)10(15)12-5-6-16-7-8(12)9(13)14/h3,8H,1,4-7H2,2H3,(H,13,14). The average Bonchev–Trinajstić information content (AvgIpc) is 2.28. The van der Waals surface area contributed by atoms with Crippen LogP contribution in [0.5, 0.6) is 0 Å². The molecule has 6 nitrogen and oxygen atoms in total. The van der Waals surface area contributed by atoms with Crippen LogP contribution in [0.4, 0.5) is 4.79 Å². The Hall–Kier alpha value is -1.56. The van der Waals surface area contributed by atoms with Crippen molar-refractivity contribution in [2.45, 2.75) is 6.04 Å². The Kier molecular flexibility index (Phi) is 4.30. The molecule has 1 unspecified atom stereocenters. The maximum Gasteiger partial charge on any atom is 0.328 e. The molecule has 0 aromatic heterocycles. The van der Waals surface area contributed by atoms with Crippen LogP contribution >= 0.6 is 0 Å². The van der Waals surface area contributed by atoms with Gasteiger partial charge >= 0.3 is 12.0 Å². The number of likely N-dealkylation sites (N-methyl/N-ethyl adjacent to an activating group) is 1. The fourth-order valence-electron chi connectivity index (χ4n) is 1.53. The molecule has 0 spiro atoms. The molecule has 6 heteroatoms. The minimum atomic E-state index is -1.04. The van der Waals surface area contributed by atoms with E-state index in [1.165, 1.54) is 9.80 Å². The van der Waals surface area contributed by atoms with Crippen LogP contribution in [0.3, 0.4) is 0 Å². The molecule has 1 aliphatic rings. The predicted molar refractivity (Wildman–Crippen MR) is 57.2 cm³/mol. The summed E-state index contributed by atoms with van der Waals surface area (Å²) >= 11 is 0. The Morgan fingerprint density at radius 2 is 2.38 bits per heavy atom. The highest BCUT2D eigenvalue weighted by molar-refractivity contribution is 5.83. The van der Waals surface area contributed by atoms with Gasteiger partial charge in [0.1, 0.15) is 0 Å². The predicted octanol–water partition coefficient (Wildman–Crippen LogP) is 0.00960. The molecule has 16 heavy (non-hydrogen) atoms. The lowest BCUT2D eigenvalue weighted by Crippen LogP contribution is -2.55. The molecule has 1 heterocycles. The number of carbonyl (C=O) groups excluding carboxylic acids is 1. The van der Waals surface area contributed by atoms with Crippen molar-refractivity contribution in [1.29, 1.82) is 0 Å². The van der Waals surface area contributed by atoms with E-state index in [-0.39, 0.29) is 12.6 Å². The molecule has 1 saturated heterocycles. The van der Waals surface area contributed by atoms with E-state index in [1.807, 2.05) is 0 Å². The summed E-state index contributed by atoms with van der Waals surface area (Å²) in [6.07, 6.45) is 1.59. The van der Waals surface area contributed by atoms with Crippen LogP contribution in [-0.4, -0.2) is 66.3 Å². The summed E-state index contributed by atoms with van der Waals surface area (Å²) in [5.41, 5.74) is 0. The van der Waals surface area contributed by atoms with Crippen LogP contribution in [0, 0.1) is 0 Å². The molecule has 0 bridgehead atoms. The largest absolute Gasteiger partial charge is 0.480 e. The second-order valence-corrected chi connectivity index (χ2v) is 3.57. The van der Waals surface area contributed by atoms with Gasteiger partial charge in [0.25, 0.3) is 0 Å². The van der Waals surface area contributed by atoms with Crippen molar-refractivity contribution in [3.8, 4) is 0 Å². The lowest BCUT2D eigenvalue weighted by Gasteiger charge is -2.35. The number of nitrogens with zero attached hydrogens (tertiary/aromatic N) is 2. The Bertz CT molecular complexity index is 293. The second kappa shape index (κ2) is 5.50. The van der Waals surface area contributed by atoms with Crippen LogP contribution in [-0.2, 0) is 9.53 Å². The molecule has 1 aliphatic heterocycles. The third-order valence-electron chi connectivity index (χ3n) is 2.39. The monoisotopic (exact) mass is 228 g/mol. The first kappa shape index (κ1) is 12.5. The molecule has 1 atom stereocenters. The summed E-state index contributed by atoms with van der Waals surface area (Å²) in [7, 11) is 1.61.